The molecule has 3 rings (SSSR count). The second-order valence-corrected chi connectivity index (χ2v) is 13.0. The third-order valence-corrected chi connectivity index (χ3v) is 8.88. The molecule has 9 heteroatoms. The molecule has 0 aliphatic heterocycles. The number of methoxy groups -OCH3 is 1. The fraction of sp³-hybridized carbons (Fsp3) is 0.412. The SMILES string of the molecule is CC[C@@H](C)NC(=O)[C@H](Cc1ccccc1)N(Cc1cccc(OC)c1)C(=O)CCCN(c1ccc(C)c(C)c1)S(C)(=O)=O. The zero-order chi connectivity index (χ0) is 31.6. The molecule has 1 N–H and O–H groups in total. The predicted octanol–water partition coefficient (Wildman–Crippen LogP) is 5.41. The van der Waals surface area contributed by atoms with Crippen LogP contribution in [0, 0.1) is 13.8 Å². The third kappa shape index (κ3) is 9.85. The van der Waals surface area contributed by atoms with Gasteiger partial charge in [-0.2, -0.15) is 0 Å². The Morgan fingerprint density at radius 2 is 1.63 bits per heavy atom. The van der Waals surface area contributed by atoms with E-state index in [1.807, 2.05) is 94.4 Å². The molecule has 232 valence electrons. The maximum absolute atomic E-state index is 14.0. The van der Waals surface area contributed by atoms with E-state index in [2.05, 4.69) is 5.32 Å². The molecule has 0 spiro atoms. The zero-order valence-electron chi connectivity index (χ0n) is 26.2. The average molecular weight is 608 g/mol. The molecule has 0 aliphatic rings. The van der Waals surface area contributed by atoms with Gasteiger partial charge < -0.3 is 15.0 Å². The molecular formula is C34H45N3O5S. The Labute approximate surface area is 257 Å². The molecule has 0 fully saturated rings. The monoisotopic (exact) mass is 607 g/mol. The second kappa shape index (κ2) is 15.6. The van der Waals surface area contributed by atoms with Gasteiger partial charge in [-0.3, -0.25) is 13.9 Å². The molecule has 8 nitrogen and oxygen atoms in total. The van der Waals surface area contributed by atoms with Crippen molar-refractivity contribution in [2.24, 2.45) is 0 Å². The van der Waals surface area contributed by atoms with E-state index in [-0.39, 0.29) is 37.4 Å². The Balaban J connectivity index is 1.91. The lowest BCUT2D eigenvalue weighted by Gasteiger charge is -2.33. The van der Waals surface area contributed by atoms with E-state index in [1.54, 1.807) is 18.1 Å². The summed E-state index contributed by atoms with van der Waals surface area (Å²) in [5.74, 6) is 0.213. The Kier molecular flexibility index (Phi) is 12.2. The lowest BCUT2D eigenvalue weighted by Crippen LogP contribution is -2.52. The molecule has 0 radical (unpaired) electrons. The minimum absolute atomic E-state index is 0.0548. The van der Waals surface area contributed by atoms with Gasteiger partial charge >= 0.3 is 0 Å². The van der Waals surface area contributed by atoms with E-state index >= 15 is 0 Å². The van der Waals surface area contributed by atoms with Gasteiger partial charge in [0.15, 0.2) is 0 Å². The summed E-state index contributed by atoms with van der Waals surface area (Å²) in [7, 11) is -1.99. The Bertz CT molecular complexity index is 1480. The normalized spacial score (nSPS) is 12.7. The first kappa shape index (κ1) is 33.6. The quantitative estimate of drug-likeness (QED) is 0.249. The minimum Gasteiger partial charge on any atom is -0.497 e. The lowest BCUT2D eigenvalue weighted by molar-refractivity contribution is -0.141. The molecule has 3 aromatic carbocycles. The molecule has 2 amide bonds. The molecular weight excluding hydrogens is 562 g/mol. The Hall–Kier alpha value is -3.85. The van der Waals surface area contributed by atoms with Crippen molar-refractivity contribution >= 4 is 27.5 Å². The fourth-order valence-corrected chi connectivity index (χ4v) is 5.80. The summed E-state index contributed by atoms with van der Waals surface area (Å²) in [4.78, 5) is 29.3. The topological polar surface area (TPSA) is 96.0 Å². The summed E-state index contributed by atoms with van der Waals surface area (Å²) < 4.78 is 32.2. The molecule has 2 atom stereocenters. The highest BCUT2D eigenvalue weighted by atomic mass is 32.2. The zero-order valence-corrected chi connectivity index (χ0v) is 27.0. The number of hydrogen-bond acceptors (Lipinski definition) is 5. The number of hydrogen-bond donors (Lipinski definition) is 1. The number of carbonyl (C=O) groups is 2. The van der Waals surface area contributed by atoms with Crippen LogP contribution in [0.1, 0.15) is 55.4 Å². The number of carbonyl (C=O) groups excluding carboxylic acids is 2. The van der Waals surface area contributed by atoms with Crippen LogP contribution in [-0.4, -0.2) is 57.1 Å². The Morgan fingerprint density at radius 3 is 2.26 bits per heavy atom. The van der Waals surface area contributed by atoms with Crippen molar-refractivity contribution < 1.29 is 22.7 Å². The number of aryl methyl sites for hydroxylation is 2. The van der Waals surface area contributed by atoms with E-state index < -0.39 is 16.1 Å². The van der Waals surface area contributed by atoms with Gasteiger partial charge in [0.1, 0.15) is 11.8 Å². The van der Waals surface area contributed by atoms with Crippen molar-refractivity contribution in [2.45, 2.75) is 72.0 Å². The van der Waals surface area contributed by atoms with Gasteiger partial charge in [0.2, 0.25) is 21.8 Å². The number of rotatable bonds is 15. The van der Waals surface area contributed by atoms with Crippen LogP contribution in [0.3, 0.4) is 0 Å². The van der Waals surface area contributed by atoms with E-state index in [1.165, 1.54) is 10.6 Å². The molecule has 0 aromatic heterocycles. The van der Waals surface area contributed by atoms with Gasteiger partial charge in [-0.25, -0.2) is 8.42 Å². The van der Waals surface area contributed by atoms with Crippen molar-refractivity contribution in [3.05, 3.63) is 95.1 Å². The van der Waals surface area contributed by atoms with Gasteiger partial charge in [0.25, 0.3) is 0 Å². The van der Waals surface area contributed by atoms with Crippen molar-refractivity contribution in [1.29, 1.82) is 0 Å². The number of nitrogens with zero attached hydrogens (tertiary/aromatic N) is 2. The van der Waals surface area contributed by atoms with Gasteiger partial charge in [-0.1, -0.05) is 55.5 Å². The summed E-state index contributed by atoms with van der Waals surface area (Å²) in [5, 5.41) is 3.07. The highest BCUT2D eigenvalue weighted by molar-refractivity contribution is 7.92. The largest absolute Gasteiger partial charge is 0.497 e. The highest BCUT2D eigenvalue weighted by Crippen LogP contribution is 2.23. The first-order chi connectivity index (χ1) is 20.4. The first-order valence-corrected chi connectivity index (χ1v) is 16.6. The van der Waals surface area contributed by atoms with Crippen LogP contribution >= 0.6 is 0 Å². The van der Waals surface area contributed by atoms with Crippen LogP contribution in [0.15, 0.2) is 72.8 Å². The molecule has 3 aromatic rings. The van der Waals surface area contributed by atoms with Crippen molar-refractivity contribution in [1.82, 2.24) is 10.2 Å². The predicted molar refractivity (Wildman–Crippen MR) is 173 cm³/mol. The molecule has 0 saturated heterocycles. The maximum atomic E-state index is 14.0. The van der Waals surface area contributed by atoms with E-state index in [9.17, 15) is 18.0 Å². The van der Waals surface area contributed by atoms with Crippen LogP contribution < -0.4 is 14.4 Å². The highest BCUT2D eigenvalue weighted by Gasteiger charge is 2.31. The van der Waals surface area contributed by atoms with Gasteiger partial charge in [-0.15, -0.1) is 0 Å². The summed E-state index contributed by atoms with van der Waals surface area (Å²) in [6.07, 6.45) is 2.64. The number of benzene rings is 3. The summed E-state index contributed by atoms with van der Waals surface area (Å²) in [6.45, 7) is 8.20. The number of sulfonamides is 1. The van der Waals surface area contributed by atoms with Crippen molar-refractivity contribution in [3.8, 4) is 5.75 Å². The van der Waals surface area contributed by atoms with Gasteiger partial charge in [-0.05, 0) is 80.1 Å². The van der Waals surface area contributed by atoms with E-state index in [0.29, 0.717) is 24.3 Å². The summed E-state index contributed by atoms with van der Waals surface area (Å²) >= 11 is 0. The van der Waals surface area contributed by atoms with Crippen LogP contribution in [0.2, 0.25) is 0 Å². The number of anilines is 1. The van der Waals surface area contributed by atoms with Gasteiger partial charge in [0, 0.05) is 32.0 Å². The number of amides is 2. The maximum Gasteiger partial charge on any atom is 0.243 e. The standard InChI is InChI=1S/C34H45N3O5S/c1-7-27(4)35-34(39)32(23-28-13-9-8-10-14-28)36(24-29-15-11-16-31(22-29)42-5)33(38)17-12-20-37(43(6,40)41)30-19-18-25(2)26(3)21-30/h8-11,13-16,18-19,21-22,27,32H,7,12,17,20,23-24H2,1-6H3,(H,35,39)/t27-,32+/m1/s1. The third-order valence-electron chi connectivity index (χ3n) is 7.69. The minimum atomic E-state index is -3.58. The smallest absolute Gasteiger partial charge is 0.243 e. The average Bonchev–Trinajstić information content (AvgIpc) is 2.98. The lowest BCUT2D eigenvalue weighted by atomic mass is 10.0. The van der Waals surface area contributed by atoms with Crippen LogP contribution in [-0.2, 0) is 32.6 Å². The summed E-state index contributed by atoms with van der Waals surface area (Å²) in [6, 6.07) is 21.8. The number of nitrogens with one attached hydrogen (secondary N) is 1. The molecule has 0 aliphatic carbocycles. The fourth-order valence-electron chi connectivity index (χ4n) is 4.85. The molecule has 0 bridgehead atoms. The molecule has 43 heavy (non-hydrogen) atoms. The van der Waals surface area contributed by atoms with Crippen LogP contribution in [0.4, 0.5) is 5.69 Å². The first-order valence-electron chi connectivity index (χ1n) is 14.7. The Morgan fingerprint density at radius 1 is 0.930 bits per heavy atom. The van der Waals surface area contributed by atoms with Crippen molar-refractivity contribution in [3.63, 3.8) is 0 Å². The van der Waals surface area contributed by atoms with Crippen molar-refractivity contribution in [2.75, 3.05) is 24.2 Å². The van der Waals surface area contributed by atoms with Crippen LogP contribution in [0.25, 0.3) is 0 Å². The molecule has 0 heterocycles. The van der Waals surface area contributed by atoms with Gasteiger partial charge in [0.05, 0.1) is 19.1 Å². The number of ether oxygens (including phenoxy) is 1. The summed E-state index contributed by atoms with van der Waals surface area (Å²) in [5.41, 5.74) is 4.40. The molecule has 0 saturated carbocycles. The van der Waals surface area contributed by atoms with E-state index in [0.717, 1.165) is 28.7 Å². The van der Waals surface area contributed by atoms with Crippen LogP contribution in [0.5, 0.6) is 5.75 Å². The molecule has 0 unspecified atom stereocenters. The van der Waals surface area contributed by atoms with E-state index in [4.69, 9.17) is 4.74 Å². The second-order valence-electron chi connectivity index (χ2n) is 11.1.